The van der Waals surface area contributed by atoms with Crippen molar-refractivity contribution < 1.29 is 19.2 Å². The molecule has 0 aromatic carbocycles. The van der Waals surface area contributed by atoms with Crippen LogP contribution in [-0.2, 0) is 4.57 Å². The van der Waals surface area contributed by atoms with Gasteiger partial charge in [0.2, 0.25) is 0 Å². The van der Waals surface area contributed by atoms with Crippen LogP contribution in [0.5, 0.6) is 0 Å². The van der Waals surface area contributed by atoms with Crippen molar-refractivity contribution in [1.29, 1.82) is 0 Å². The Morgan fingerprint density at radius 2 is 1.00 bits per heavy atom. The summed E-state index contributed by atoms with van der Waals surface area (Å²) in [5.74, 6) is 2.21. The van der Waals surface area contributed by atoms with Crippen LogP contribution in [0.25, 0.3) is 0 Å². The Balaban J connectivity index is 0.00000101. The molecule has 1 aliphatic carbocycles. The molecule has 0 spiro atoms. The normalized spacial score (nSPS) is 20.4. The molecule has 0 heterocycles. The van der Waals surface area contributed by atoms with Crippen molar-refractivity contribution in [3.8, 4) is 0 Å². The maximum Gasteiger partial charge on any atom is 0.466 e. The standard InChI is InChI=1S/C20H40.H3O4P/c1-3-5-7-9-11-13-16-20-18-14-17-19(20)15-12-10-8-6-4-2;1-5(2,3)4/h19-20H,3-18H2,1-2H3;(H3,1,2,3,4)/t19-,20-;/m0./s1. The minimum Gasteiger partial charge on any atom is -0.303 e. The van der Waals surface area contributed by atoms with Crippen LogP contribution in [0.4, 0.5) is 0 Å². The second-order valence-corrected chi connectivity index (χ2v) is 8.75. The van der Waals surface area contributed by atoms with Crippen LogP contribution in [0.2, 0.25) is 0 Å². The van der Waals surface area contributed by atoms with Crippen molar-refractivity contribution in [3.63, 3.8) is 0 Å². The van der Waals surface area contributed by atoms with Gasteiger partial charge in [0.15, 0.2) is 0 Å². The van der Waals surface area contributed by atoms with Gasteiger partial charge in [0.05, 0.1) is 0 Å². The molecule has 1 rings (SSSR count). The lowest BCUT2D eigenvalue weighted by molar-refractivity contribution is 0.275. The maximum atomic E-state index is 8.88. The van der Waals surface area contributed by atoms with Gasteiger partial charge in [-0.15, -0.1) is 0 Å². The van der Waals surface area contributed by atoms with E-state index in [2.05, 4.69) is 13.8 Å². The van der Waals surface area contributed by atoms with Gasteiger partial charge in [-0.2, -0.15) is 0 Å². The molecule has 0 amide bonds. The number of unbranched alkanes of at least 4 members (excludes halogenated alkanes) is 9. The fourth-order valence-electron chi connectivity index (χ4n) is 4.07. The zero-order valence-corrected chi connectivity index (χ0v) is 17.6. The molecule has 0 bridgehead atoms. The van der Waals surface area contributed by atoms with Gasteiger partial charge in [-0.1, -0.05) is 117 Å². The quantitative estimate of drug-likeness (QED) is 0.250. The summed E-state index contributed by atoms with van der Waals surface area (Å²) in [6.07, 6.45) is 23.8. The van der Waals surface area contributed by atoms with Crippen LogP contribution in [0.15, 0.2) is 0 Å². The van der Waals surface area contributed by atoms with Crippen LogP contribution < -0.4 is 0 Å². The van der Waals surface area contributed by atoms with Crippen molar-refractivity contribution in [1.82, 2.24) is 0 Å². The van der Waals surface area contributed by atoms with Crippen molar-refractivity contribution in [2.24, 2.45) is 11.8 Å². The van der Waals surface area contributed by atoms with Gasteiger partial charge in [0, 0.05) is 0 Å². The zero-order chi connectivity index (χ0) is 19.0. The van der Waals surface area contributed by atoms with Crippen molar-refractivity contribution >= 4 is 7.82 Å². The lowest BCUT2D eigenvalue weighted by atomic mass is 9.86. The summed E-state index contributed by atoms with van der Waals surface area (Å²) in [5, 5.41) is 0. The zero-order valence-electron chi connectivity index (χ0n) is 16.7. The maximum absolute atomic E-state index is 8.88. The molecule has 0 radical (unpaired) electrons. The second-order valence-electron chi connectivity index (χ2n) is 7.72. The SMILES string of the molecule is CCCCCCCC[C@H]1CCC[C@@H]1CCCCCCC.O=P(O)(O)O. The van der Waals surface area contributed by atoms with Crippen LogP contribution in [0.3, 0.4) is 0 Å². The van der Waals surface area contributed by atoms with E-state index in [0.29, 0.717) is 0 Å². The first kappa shape index (κ1) is 25.1. The minimum absolute atomic E-state index is 1.10. The highest BCUT2D eigenvalue weighted by Gasteiger charge is 2.25. The van der Waals surface area contributed by atoms with Crippen LogP contribution in [0.1, 0.15) is 117 Å². The van der Waals surface area contributed by atoms with Gasteiger partial charge in [-0.3, -0.25) is 0 Å². The van der Waals surface area contributed by atoms with E-state index in [4.69, 9.17) is 19.2 Å². The average molecular weight is 379 g/mol. The van der Waals surface area contributed by atoms with E-state index >= 15 is 0 Å². The van der Waals surface area contributed by atoms with Crippen molar-refractivity contribution in [2.45, 2.75) is 117 Å². The molecule has 0 saturated heterocycles. The van der Waals surface area contributed by atoms with E-state index in [1.807, 2.05) is 0 Å². The summed E-state index contributed by atoms with van der Waals surface area (Å²) in [7, 11) is -4.64. The summed E-state index contributed by atoms with van der Waals surface area (Å²) in [6, 6.07) is 0. The molecule has 1 aliphatic rings. The summed E-state index contributed by atoms with van der Waals surface area (Å²) in [4.78, 5) is 21.6. The largest absolute Gasteiger partial charge is 0.466 e. The molecule has 2 atom stereocenters. The topological polar surface area (TPSA) is 77.8 Å². The van der Waals surface area contributed by atoms with E-state index in [0.717, 1.165) is 11.8 Å². The first-order valence-electron chi connectivity index (χ1n) is 10.7. The molecule has 5 heteroatoms. The Morgan fingerprint density at radius 1 is 0.680 bits per heavy atom. The molecule has 0 unspecified atom stereocenters. The lowest BCUT2D eigenvalue weighted by Crippen LogP contribution is -2.08. The van der Waals surface area contributed by atoms with Gasteiger partial charge in [0.1, 0.15) is 0 Å². The minimum atomic E-state index is -4.64. The van der Waals surface area contributed by atoms with Gasteiger partial charge in [-0.05, 0) is 11.8 Å². The molecule has 152 valence electrons. The van der Waals surface area contributed by atoms with Gasteiger partial charge in [0.25, 0.3) is 0 Å². The highest BCUT2D eigenvalue weighted by Crippen LogP contribution is 2.38. The van der Waals surface area contributed by atoms with E-state index in [9.17, 15) is 0 Å². The first-order chi connectivity index (χ1) is 11.9. The Morgan fingerprint density at radius 3 is 1.36 bits per heavy atom. The van der Waals surface area contributed by atoms with Crippen LogP contribution in [0, 0.1) is 11.8 Å². The number of phosphoric acid groups is 1. The van der Waals surface area contributed by atoms with Gasteiger partial charge >= 0.3 is 7.82 Å². The fraction of sp³-hybridized carbons (Fsp3) is 1.00. The average Bonchev–Trinajstić information content (AvgIpc) is 2.96. The highest BCUT2D eigenvalue weighted by molar-refractivity contribution is 7.45. The molecule has 1 fully saturated rings. The molecule has 0 aromatic rings. The first-order valence-corrected chi connectivity index (χ1v) is 12.2. The summed E-state index contributed by atoms with van der Waals surface area (Å²) in [6.45, 7) is 4.62. The van der Waals surface area contributed by atoms with Crippen LogP contribution in [-0.4, -0.2) is 14.7 Å². The molecule has 0 aliphatic heterocycles. The molecule has 0 aromatic heterocycles. The summed E-state index contributed by atoms with van der Waals surface area (Å²) < 4.78 is 8.88. The van der Waals surface area contributed by atoms with E-state index in [1.165, 1.54) is 77.0 Å². The number of hydrogen-bond acceptors (Lipinski definition) is 1. The molecule has 3 N–H and O–H groups in total. The molecule has 1 saturated carbocycles. The lowest BCUT2D eigenvalue weighted by Gasteiger charge is -2.19. The third kappa shape index (κ3) is 18.7. The third-order valence-electron chi connectivity index (χ3n) is 5.42. The molecular formula is C20H43O4P. The van der Waals surface area contributed by atoms with Crippen LogP contribution >= 0.6 is 7.82 Å². The van der Waals surface area contributed by atoms with E-state index in [-0.39, 0.29) is 0 Å². The molecule has 4 nitrogen and oxygen atoms in total. The smallest absolute Gasteiger partial charge is 0.303 e. The molecule has 25 heavy (non-hydrogen) atoms. The Hall–Kier alpha value is 0.110. The van der Waals surface area contributed by atoms with E-state index < -0.39 is 7.82 Å². The van der Waals surface area contributed by atoms with Crippen molar-refractivity contribution in [3.05, 3.63) is 0 Å². The Kier molecular flexibility index (Phi) is 16.4. The summed E-state index contributed by atoms with van der Waals surface area (Å²) in [5.41, 5.74) is 0. The second kappa shape index (κ2) is 16.3. The predicted octanol–water partition coefficient (Wildman–Crippen LogP) is 6.59. The summed E-state index contributed by atoms with van der Waals surface area (Å²) >= 11 is 0. The van der Waals surface area contributed by atoms with Gasteiger partial charge in [-0.25, -0.2) is 4.57 Å². The highest BCUT2D eigenvalue weighted by atomic mass is 31.2. The fourth-order valence-corrected chi connectivity index (χ4v) is 4.07. The van der Waals surface area contributed by atoms with Gasteiger partial charge < -0.3 is 14.7 Å². The number of hydrogen-bond donors (Lipinski definition) is 3. The number of rotatable bonds is 13. The third-order valence-corrected chi connectivity index (χ3v) is 5.42. The van der Waals surface area contributed by atoms with E-state index in [1.54, 1.807) is 25.7 Å². The Bertz CT molecular complexity index is 321. The van der Waals surface area contributed by atoms with Crippen molar-refractivity contribution in [2.75, 3.05) is 0 Å². The predicted molar refractivity (Wildman–Crippen MR) is 106 cm³/mol. The monoisotopic (exact) mass is 378 g/mol. The molecular weight excluding hydrogens is 335 g/mol. The Labute approximate surface area is 156 Å².